The number of aromatic carboxylic acids is 1. The van der Waals surface area contributed by atoms with Crippen molar-refractivity contribution in [2.45, 2.75) is 19.9 Å². The van der Waals surface area contributed by atoms with Gasteiger partial charge in [-0.1, -0.05) is 6.07 Å². The Morgan fingerprint density at radius 2 is 2.00 bits per heavy atom. The average Bonchev–Trinajstić information content (AvgIpc) is 2.38. The molecule has 0 bridgehead atoms. The Morgan fingerprint density at radius 1 is 1.26 bits per heavy atom. The van der Waals surface area contributed by atoms with Crippen LogP contribution in [0.15, 0.2) is 41.3 Å². The van der Waals surface area contributed by atoms with E-state index in [2.05, 4.69) is 4.98 Å². The highest BCUT2D eigenvalue weighted by Gasteiger charge is 2.17. The smallest absolute Gasteiger partial charge is 0.341 e. The summed E-state index contributed by atoms with van der Waals surface area (Å²) in [6.07, 6.45) is 1.63. The number of hydrogen-bond acceptors (Lipinski definition) is 3. The molecule has 2 rings (SSSR count). The molecule has 0 atom stereocenters. The van der Waals surface area contributed by atoms with Crippen LogP contribution in [0.5, 0.6) is 0 Å². The Balaban J connectivity index is 2.74. The Kier molecular flexibility index (Phi) is 3.46. The maximum Gasteiger partial charge on any atom is 0.341 e. The molecule has 2 heterocycles. The monoisotopic (exact) mass is 258 g/mol. The van der Waals surface area contributed by atoms with E-state index in [1.807, 2.05) is 19.9 Å². The first-order valence-electron chi connectivity index (χ1n) is 5.92. The van der Waals surface area contributed by atoms with Gasteiger partial charge in [-0.05, 0) is 38.1 Å². The molecule has 0 aliphatic heterocycles. The number of carboxylic acids is 1. The summed E-state index contributed by atoms with van der Waals surface area (Å²) < 4.78 is 1.45. The van der Waals surface area contributed by atoms with Crippen LogP contribution in [0, 0.1) is 0 Å². The first-order valence-corrected chi connectivity index (χ1v) is 5.92. The van der Waals surface area contributed by atoms with Gasteiger partial charge in [0.15, 0.2) is 0 Å². The molecule has 0 saturated carbocycles. The molecule has 0 spiro atoms. The van der Waals surface area contributed by atoms with Crippen LogP contribution in [0.25, 0.3) is 11.4 Å². The van der Waals surface area contributed by atoms with E-state index in [1.54, 1.807) is 24.4 Å². The van der Waals surface area contributed by atoms with Gasteiger partial charge in [0.05, 0.1) is 11.4 Å². The SMILES string of the molecule is CC(C)n1c(-c2ccccn2)ccc(C(=O)O)c1=O. The molecule has 0 aliphatic rings. The fraction of sp³-hybridized carbons (Fsp3) is 0.214. The van der Waals surface area contributed by atoms with E-state index in [1.165, 1.54) is 10.6 Å². The molecule has 0 unspecified atom stereocenters. The zero-order valence-corrected chi connectivity index (χ0v) is 10.7. The van der Waals surface area contributed by atoms with Crippen molar-refractivity contribution in [1.82, 2.24) is 9.55 Å². The van der Waals surface area contributed by atoms with Crippen molar-refractivity contribution in [3.63, 3.8) is 0 Å². The predicted molar refractivity (Wildman–Crippen MR) is 71.3 cm³/mol. The first kappa shape index (κ1) is 13.0. The molecule has 2 aromatic heterocycles. The van der Waals surface area contributed by atoms with Gasteiger partial charge in [-0.3, -0.25) is 9.78 Å². The van der Waals surface area contributed by atoms with Gasteiger partial charge in [0.2, 0.25) is 0 Å². The quantitative estimate of drug-likeness (QED) is 0.915. The second-order valence-corrected chi connectivity index (χ2v) is 4.42. The molecule has 0 aromatic carbocycles. The normalized spacial score (nSPS) is 10.7. The molecular formula is C14H14N2O3. The molecule has 0 aliphatic carbocycles. The summed E-state index contributed by atoms with van der Waals surface area (Å²) >= 11 is 0. The van der Waals surface area contributed by atoms with Crippen LogP contribution in [0.1, 0.15) is 30.2 Å². The molecule has 1 N–H and O–H groups in total. The number of carbonyl (C=O) groups is 1. The van der Waals surface area contributed by atoms with Crippen LogP contribution in [0.3, 0.4) is 0 Å². The van der Waals surface area contributed by atoms with Crippen LogP contribution in [-0.4, -0.2) is 20.6 Å². The van der Waals surface area contributed by atoms with Gasteiger partial charge >= 0.3 is 5.97 Å². The van der Waals surface area contributed by atoms with Gasteiger partial charge in [-0.15, -0.1) is 0 Å². The molecule has 0 fully saturated rings. The number of aromatic nitrogens is 2. The zero-order chi connectivity index (χ0) is 14.0. The number of pyridine rings is 2. The highest BCUT2D eigenvalue weighted by molar-refractivity contribution is 5.87. The third-order valence-corrected chi connectivity index (χ3v) is 2.79. The topological polar surface area (TPSA) is 72.2 Å². The van der Waals surface area contributed by atoms with Crippen LogP contribution < -0.4 is 5.56 Å². The van der Waals surface area contributed by atoms with E-state index in [-0.39, 0.29) is 11.6 Å². The minimum absolute atomic E-state index is 0.149. The first-order chi connectivity index (χ1) is 9.02. The van der Waals surface area contributed by atoms with Gasteiger partial charge < -0.3 is 9.67 Å². The van der Waals surface area contributed by atoms with E-state index < -0.39 is 11.5 Å². The fourth-order valence-corrected chi connectivity index (χ4v) is 1.95. The van der Waals surface area contributed by atoms with Crippen LogP contribution in [0.2, 0.25) is 0 Å². The minimum Gasteiger partial charge on any atom is -0.477 e. The van der Waals surface area contributed by atoms with Gasteiger partial charge in [-0.25, -0.2) is 4.79 Å². The molecule has 19 heavy (non-hydrogen) atoms. The Hall–Kier alpha value is -2.43. The van der Waals surface area contributed by atoms with Crippen molar-refractivity contribution in [3.8, 4) is 11.4 Å². The lowest BCUT2D eigenvalue weighted by atomic mass is 10.1. The number of hydrogen-bond donors (Lipinski definition) is 1. The summed E-state index contributed by atoms with van der Waals surface area (Å²) in [5.74, 6) is -1.22. The molecule has 2 aromatic rings. The third kappa shape index (κ3) is 2.40. The van der Waals surface area contributed by atoms with E-state index in [0.29, 0.717) is 11.4 Å². The largest absolute Gasteiger partial charge is 0.477 e. The average molecular weight is 258 g/mol. The van der Waals surface area contributed by atoms with E-state index in [9.17, 15) is 9.59 Å². The maximum atomic E-state index is 12.2. The zero-order valence-electron chi connectivity index (χ0n) is 10.7. The van der Waals surface area contributed by atoms with Crippen LogP contribution in [0.4, 0.5) is 0 Å². The van der Waals surface area contributed by atoms with E-state index in [0.717, 1.165) is 0 Å². The van der Waals surface area contributed by atoms with Crippen molar-refractivity contribution < 1.29 is 9.90 Å². The van der Waals surface area contributed by atoms with Crippen LogP contribution in [-0.2, 0) is 0 Å². The van der Waals surface area contributed by atoms with Crippen molar-refractivity contribution in [1.29, 1.82) is 0 Å². The maximum absolute atomic E-state index is 12.2. The minimum atomic E-state index is -1.22. The molecule has 0 saturated heterocycles. The molecule has 5 heteroatoms. The van der Waals surface area contributed by atoms with Gasteiger partial charge in [0.1, 0.15) is 5.56 Å². The molecule has 5 nitrogen and oxygen atoms in total. The predicted octanol–water partition coefficient (Wildman–Crippen LogP) is 2.19. The van der Waals surface area contributed by atoms with Crippen molar-refractivity contribution in [2.24, 2.45) is 0 Å². The summed E-state index contributed by atoms with van der Waals surface area (Å²) in [6, 6.07) is 8.19. The molecule has 0 radical (unpaired) electrons. The summed E-state index contributed by atoms with van der Waals surface area (Å²) in [6.45, 7) is 3.67. The second kappa shape index (κ2) is 5.06. The standard InChI is InChI=1S/C14H14N2O3/c1-9(2)16-12(11-5-3-4-8-15-11)7-6-10(13(16)17)14(18)19/h3-9H,1-2H3,(H,18,19). The molecular weight excluding hydrogens is 244 g/mol. The summed E-state index contributed by atoms with van der Waals surface area (Å²) in [4.78, 5) is 27.4. The highest BCUT2D eigenvalue weighted by Crippen LogP contribution is 2.18. The summed E-state index contributed by atoms with van der Waals surface area (Å²) in [7, 11) is 0. The molecule has 98 valence electrons. The van der Waals surface area contributed by atoms with Crippen molar-refractivity contribution in [3.05, 3.63) is 52.4 Å². The van der Waals surface area contributed by atoms with E-state index >= 15 is 0 Å². The molecule has 0 amide bonds. The summed E-state index contributed by atoms with van der Waals surface area (Å²) in [5, 5.41) is 9.00. The lowest BCUT2D eigenvalue weighted by Gasteiger charge is -2.16. The Labute approximate surface area is 110 Å². The third-order valence-electron chi connectivity index (χ3n) is 2.79. The summed E-state index contributed by atoms with van der Waals surface area (Å²) in [5.41, 5.74) is 0.523. The number of carboxylic acid groups (broad SMARTS) is 1. The van der Waals surface area contributed by atoms with Crippen molar-refractivity contribution in [2.75, 3.05) is 0 Å². The number of rotatable bonds is 3. The van der Waals surface area contributed by atoms with Gasteiger partial charge in [0, 0.05) is 12.2 Å². The second-order valence-electron chi connectivity index (χ2n) is 4.42. The Morgan fingerprint density at radius 3 is 2.53 bits per heavy atom. The lowest BCUT2D eigenvalue weighted by Crippen LogP contribution is -2.28. The van der Waals surface area contributed by atoms with Crippen molar-refractivity contribution >= 4 is 5.97 Å². The van der Waals surface area contributed by atoms with E-state index in [4.69, 9.17) is 5.11 Å². The van der Waals surface area contributed by atoms with Gasteiger partial charge in [0.25, 0.3) is 5.56 Å². The highest BCUT2D eigenvalue weighted by atomic mass is 16.4. The lowest BCUT2D eigenvalue weighted by molar-refractivity contribution is 0.0694. The van der Waals surface area contributed by atoms with Gasteiger partial charge in [-0.2, -0.15) is 0 Å². The fourth-order valence-electron chi connectivity index (χ4n) is 1.95. The Bertz CT molecular complexity index is 660. The van der Waals surface area contributed by atoms with Crippen LogP contribution >= 0.6 is 0 Å². The number of nitrogens with zero attached hydrogens (tertiary/aromatic N) is 2.